The van der Waals surface area contributed by atoms with Crippen molar-refractivity contribution in [3.8, 4) is 0 Å². The number of hydrogen-bond donors (Lipinski definition) is 1. The summed E-state index contributed by atoms with van der Waals surface area (Å²) < 4.78 is 16.7. The van der Waals surface area contributed by atoms with Crippen LogP contribution in [0.1, 0.15) is 46.5 Å². The quantitative estimate of drug-likeness (QED) is 0.778. The zero-order chi connectivity index (χ0) is 14.6. The van der Waals surface area contributed by atoms with Gasteiger partial charge in [0.15, 0.2) is 0 Å². The summed E-state index contributed by atoms with van der Waals surface area (Å²) in [6, 6.07) is 0. The van der Waals surface area contributed by atoms with E-state index in [9.17, 15) is 4.79 Å². The highest BCUT2D eigenvalue weighted by molar-refractivity contribution is 5.81. The first-order valence-electron chi connectivity index (χ1n) is 7.65. The lowest BCUT2D eigenvalue weighted by Crippen LogP contribution is -2.61. The Bertz CT molecular complexity index is 339. The van der Waals surface area contributed by atoms with Gasteiger partial charge in [-0.3, -0.25) is 10.1 Å². The van der Waals surface area contributed by atoms with Gasteiger partial charge in [-0.25, -0.2) is 0 Å². The van der Waals surface area contributed by atoms with Crippen molar-refractivity contribution in [2.75, 3.05) is 26.4 Å². The molecule has 0 bridgehead atoms. The molecule has 0 aliphatic carbocycles. The highest BCUT2D eigenvalue weighted by atomic mass is 16.5. The zero-order valence-corrected chi connectivity index (χ0v) is 12.9. The molecule has 0 aromatic rings. The van der Waals surface area contributed by atoms with Crippen LogP contribution in [0.25, 0.3) is 0 Å². The number of carbonyl (C=O) groups excluding carboxylic acids is 1. The molecule has 0 radical (unpaired) electrons. The van der Waals surface area contributed by atoms with E-state index in [1.54, 1.807) is 0 Å². The monoisotopic (exact) mass is 285 g/mol. The second kappa shape index (κ2) is 6.41. The molecule has 2 aliphatic rings. The molecule has 2 rings (SSSR count). The highest BCUT2D eigenvalue weighted by Crippen LogP contribution is 2.33. The van der Waals surface area contributed by atoms with Crippen molar-refractivity contribution in [2.24, 2.45) is 0 Å². The van der Waals surface area contributed by atoms with E-state index in [2.05, 4.69) is 5.32 Å². The lowest BCUT2D eigenvalue weighted by atomic mass is 9.81. The van der Waals surface area contributed by atoms with Crippen LogP contribution in [0.2, 0.25) is 0 Å². The first kappa shape index (κ1) is 15.7. The maximum absolute atomic E-state index is 12.4. The third kappa shape index (κ3) is 3.71. The molecule has 116 valence electrons. The molecule has 0 aromatic heterocycles. The van der Waals surface area contributed by atoms with Gasteiger partial charge in [-0.15, -0.1) is 0 Å². The number of nitrogens with one attached hydrogen (secondary N) is 1. The van der Waals surface area contributed by atoms with Crippen molar-refractivity contribution in [1.29, 1.82) is 0 Å². The van der Waals surface area contributed by atoms with Crippen LogP contribution in [-0.4, -0.2) is 49.6 Å². The van der Waals surface area contributed by atoms with E-state index in [1.807, 2.05) is 20.8 Å². The number of carbonyl (C=O) groups is 1. The summed E-state index contributed by atoms with van der Waals surface area (Å²) in [5.74, 6) is -0.158. The topological polar surface area (TPSA) is 56.8 Å². The molecule has 0 saturated carbocycles. The van der Waals surface area contributed by atoms with E-state index in [4.69, 9.17) is 14.2 Å². The Kier molecular flexibility index (Phi) is 5.04. The first-order valence-corrected chi connectivity index (χ1v) is 7.65. The molecular formula is C15H27NO4. The van der Waals surface area contributed by atoms with Gasteiger partial charge in [0.25, 0.3) is 0 Å². The lowest BCUT2D eigenvalue weighted by molar-refractivity contribution is -0.164. The fraction of sp³-hybridized carbons (Fsp3) is 0.933. The van der Waals surface area contributed by atoms with Gasteiger partial charge in [0.2, 0.25) is 0 Å². The number of hydrogen-bond acceptors (Lipinski definition) is 5. The molecular weight excluding hydrogens is 258 g/mol. The van der Waals surface area contributed by atoms with Gasteiger partial charge >= 0.3 is 5.97 Å². The minimum Gasteiger partial charge on any atom is -0.465 e. The molecule has 0 spiro atoms. The van der Waals surface area contributed by atoms with Crippen LogP contribution < -0.4 is 5.32 Å². The van der Waals surface area contributed by atoms with Crippen molar-refractivity contribution < 1.29 is 19.0 Å². The maximum Gasteiger partial charge on any atom is 0.326 e. The molecule has 2 saturated heterocycles. The van der Waals surface area contributed by atoms with E-state index >= 15 is 0 Å². The Hall–Kier alpha value is -0.650. The van der Waals surface area contributed by atoms with Crippen molar-refractivity contribution in [1.82, 2.24) is 5.32 Å². The maximum atomic E-state index is 12.4. The molecule has 2 fully saturated rings. The molecule has 2 atom stereocenters. The second-order valence-corrected chi connectivity index (χ2v) is 6.35. The van der Waals surface area contributed by atoms with Crippen LogP contribution in [0.3, 0.4) is 0 Å². The fourth-order valence-electron chi connectivity index (χ4n) is 3.15. The molecule has 1 N–H and O–H groups in total. The molecule has 5 nitrogen and oxygen atoms in total. The van der Waals surface area contributed by atoms with Crippen LogP contribution in [0.5, 0.6) is 0 Å². The standard InChI is InChI=1S/C15H27NO4/c1-4-18-13(17)15(7-9-20-14(2,3)11-15)16-10-12-6-5-8-19-12/h12,16H,4-11H2,1-3H3. The first-order chi connectivity index (χ1) is 9.47. The minimum atomic E-state index is -0.635. The summed E-state index contributed by atoms with van der Waals surface area (Å²) in [5.41, 5.74) is -0.946. The van der Waals surface area contributed by atoms with Gasteiger partial charge in [0.05, 0.1) is 18.3 Å². The summed E-state index contributed by atoms with van der Waals surface area (Å²) in [5, 5.41) is 3.44. The molecule has 20 heavy (non-hydrogen) atoms. The largest absolute Gasteiger partial charge is 0.465 e. The van der Waals surface area contributed by atoms with Crippen LogP contribution in [0.15, 0.2) is 0 Å². The van der Waals surface area contributed by atoms with Crippen molar-refractivity contribution >= 4 is 5.97 Å². The number of rotatable bonds is 5. The lowest BCUT2D eigenvalue weighted by Gasteiger charge is -2.43. The molecule has 2 heterocycles. The summed E-state index contributed by atoms with van der Waals surface area (Å²) in [4.78, 5) is 12.4. The molecule has 2 unspecified atom stereocenters. The van der Waals surface area contributed by atoms with E-state index in [0.29, 0.717) is 32.6 Å². The van der Waals surface area contributed by atoms with Crippen LogP contribution >= 0.6 is 0 Å². The fourth-order valence-corrected chi connectivity index (χ4v) is 3.15. The minimum absolute atomic E-state index is 0.158. The second-order valence-electron chi connectivity index (χ2n) is 6.35. The highest BCUT2D eigenvalue weighted by Gasteiger charge is 2.47. The van der Waals surface area contributed by atoms with Gasteiger partial charge in [-0.2, -0.15) is 0 Å². The van der Waals surface area contributed by atoms with Crippen molar-refractivity contribution in [3.05, 3.63) is 0 Å². The van der Waals surface area contributed by atoms with Crippen molar-refractivity contribution in [3.63, 3.8) is 0 Å². The Morgan fingerprint density at radius 2 is 2.20 bits per heavy atom. The predicted molar refractivity (Wildman–Crippen MR) is 75.6 cm³/mol. The van der Waals surface area contributed by atoms with Gasteiger partial charge in [-0.05, 0) is 40.0 Å². The summed E-state index contributed by atoms with van der Waals surface area (Å²) in [7, 11) is 0. The number of ether oxygens (including phenoxy) is 3. The molecule has 5 heteroatoms. The van der Waals surface area contributed by atoms with Gasteiger partial charge in [0.1, 0.15) is 5.54 Å². The van der Waals surface area contributed by atoms with E-state index in [1.165, 1.54) is 0 Å². The van der Waals surface area contributed by atoms with Crippen LogP contribution in [-0.2, 0) is 19.0 Å². The molecule has 0 aromatic carbocycles. The van der Waals surface area contributed by atoms with Gasteiger partial charge in [0, 0.05) is 26.2 Å². The Morgan fingerprint density at radius 1 is 1.40 bits per heavy atom. The summed E-state index contributed by atoms with van der Waals surface area (Å²) >= 11 is 0. The third-order valence-corrected chi connectivity index (χ3v) is 4.11. The van der Waals surface area contributed by atoms with Crippen LogP contribution in [0.4, 0.5) is 0 Å². The normalized spacial score (nSPS) is 33.0. The van der Waals surface area contributed by atoms with Gasteiger partial charge in [-0.1, -0.05) is 0 Å². The Balaban J connectivity index is 2.04. The van der Waals surface area contributed by atoms with Gasteiger partial charge < -0.3 is 14.2 Å². The average Bonchev–Trinajstić information content (AvgIpc) is 2.88. The third-order valence-electron chi connectivity index (χ3n) is 4.11. The van der Waals surface area contributed by atoms with E-state index in [0.717, 1.165) is 19.4 Å². The molecule has 0 amide bonds. The van der Waals surface area contributed by atoms with E-state index < -0.39 is 5.54 Å². The van der Waals surface area contributed by atoms with Crippen molar-refractivity contribution in [2.45, 2.75) is 63.7 Å². The Morgan fingerprint density at radius 3 is 2.80 bits per heavy atom. The smallest absolute Gasteiger partial charge is 0.326 e. The summed E-state index contributed by atoms with van der Waals surface area (Å²) in [6.07, 6.45) is 3.67. The van der Waals surface area contributed by atoms with E-state index in [-0.39, 0.29) is 17.7 Å². The zero-order valence-electron chi connectivity index (χ0n) is 12.9. The Labute approximate surface area is 121 Å². The summed E-state index contributed by atoms with van der Waals surface area (Å²) in [6.45, 7) is 8.40. The average molecular weight is 285 g/mol. The predicted octanol–water partition coefficient (Wildman–Crippen LogP) is 1.65. The van der Waals surface area contributed by atoms with Crippen LogP contribution in [0, 0.1) is 0 Å². The molecule has 2 aliphatic heterocycles. The SMILES string of the molecule is CCOC(=O)C1(NCC2CCCO2)CCOC(C)(C)C1. The number of esters is 1.